The van der Waals surface area contributed by atoms with Crippen molar-refractivity contribution in [2.45, 2.75) is 45.1 Å². The van der Waals surface area contributed by atoms with Gasteiger partial charge in [-0.15, -0.1) is 0 Å². The van der Waals surface area contributed by atoms with Crippen LogP contribution in [0.4, 0.5) is 0 Å². The fourth-order valence-electron chi connectivity index (χ4n) is 2.79. The first-order valence-corrected chi connectivity index (χ1v) is 8.67. The van der Waals surface area contributed by atoms with Gasteiger partial charge in [-0.1, -0.05) is 24.3 Å². The number of aryl methyl sites for hydroxylation is 1. The van der Waals surface area contributed by atoms with Crippen LogP contribution < -0.4 is 10.1 Å². The van der Waals surface area contributed by atoms with E-state index in [4.69, 9.17) is 4.74 Å². The van der Waals surface area contributed by atoms with Gasteiger partial charge in [0.1, 0.15) is 5.75 Å². The number of pyridine rings is 1. The fourth-order valence-corrected chi connectivity index (χ4v) is 2.79. The van der Waals surface area contributed by atoms with Gasteiger partial charge in [-0.05, 0) is 54.9 Å². The van der Waals surface area contributed by atoms with Crippen molar-refractivity contribution in [1.82, 2.24) is 10.3 Å². The topological polar surface area (TPSA) is 51.2 Å². The van der Waals surface area contributed by atoms with Crippen LogP contribution in [-0.2, 0) is 17.8 Å². The average molecular weight is 324 g/mol. The molecule has 1 aromatic heterocycles. The molecule has 0 bridgehead atoms. The molecule has 0 unspecified atom stereocenters. The number of amides is 1. The van der Waals surface area contributed by atoms with Gasteiger partial charge in [-0.2, -0.15) is 0 Å². The molecule has 1 heterocycles. The van der Waals surface area contributed by atoms with Crippen LogP contribution in [0, 0.1) is 0 Å². The molecule has 4 nitrogen and oxygen atoms in total. The molecule has 1 N–H and O–H groups in total. The Bertz CT molecular complexity index is 696. The fraction of sp³-hybridized carbons (Fsp3) is 0.400. The van der Waals surface area contributed by atoms with E-state index in [-0.39, 0.29) is 5.91 Å². The lowest BCUT2D eigenvalue weighted by molar-refractivity contribution is -0.121. The molecular formula is C20H24N2O2. The van der Waals surface area contributed by atoms with Crippen molar-refractivity contribution in [2.75, 3.05) is 6.61 Å². The lowest BCUT2D eigenvalue weighted by Crippen LogP contribution is -2.23. The Labute approximate surface area is 143 Å². The van der Waals surface area contributed by atoms with Crippen LogP contribution >= 0.6 is 0 Å². The van der Waals surface area contributed by atoms with Crippen molar-refractivity contribution >= 4 is 5.91 Å². The molecule has 1 amide bonds. The van der Waals surface area contributed by atoms with Gasteiger partial charge in [0.25, 0.3) is 0 Å². The second kappa shape index (κ2) is 7.95. The van der Waals surface area contributed by atoms with Crippen LogP contribution in [0.3, 0.4) is 0 Å². The molecule has 1 aromatic carbocycles. The van der Waals surface area contributed by atoms with E-state index in [2.05, 4.69) is 16.4 Å². The summed E-state index contributed by atoms with van der Waals surface area (Å²) in [6, 6.07) is 10.1. The van der Waals surface area contributed by atoms with Gasteiger partial charge < -0.3 is 10.1 Å². The van der Waals surface area contributed by atoms with Crippen LogP contribution in [-0.4, -0.2) is 17.5 Å². The number of carbonyl (C=O) groups excluding carboxylic acids is 1. The second-order valence-corrected chi connectivity index (χ2v) is 6.22. The number of ether oxygens (including phenoxy) is 1. The third-order valence-electron chi connectivity index (χ3n) is 4.25. The van der Waals surface area contributed by atoms with Crippen molar-refractivity contribution < 1.29 is 9.53 Å². The number of hydrogen-bond donors (Lipinski definition) is 1. The summed E-state index contributed by atoms with van der Waals surface area (Å²) in [6.07, 6.45) is 7.43. The Balaban J connectivity index is 1.48. The second-order valence-electron chi connectivity index (χ2n) is 6.22. The largest absolute Gasteiger partial charge is 0.494 e. The Hall–Kier alpha value is -2.36. The monoisotopic (exact) mass is 324 g/mol. The number of rotatable bonds is 8. The molecule has 1 fully saturated rings. The summed E-state index contributed by atoms with van der Waals surface area (Å²) >= 11 is 0. The van der Waals surface area contributed by atoms with Crippen LogP contribution in [0.15, 0.2) is 42.7 Å². The van der Waals surface area contributed by atoms with Crippen molar-refractivity contribution in [3.63, 3.8) is 0 Å². The highest BCUT2D eigenvalue weighted by Crippen LogP contribution is 2.39. The normalized spacial score (nSPS) is 13.5. The average Bonchev–Trinajstić information content (AvgIpc) is 3.45. The van der Waals surface area contributed by atoms with Gasteiger partial charge >= 0.3 is 0 Å². The number of para-hydroxylation sites is 1. The van der Waals surface area contributed by atoms with Crippen molar-refractivity contribution in [3.8, 4) is 5.75 Å². The van der Waals surface area contributed by atoms with E-state index in [1.807, 2.05) is 43.6 Å². The summed E-state index contributed by atoms with van der Waals surface area (Å²) in [6.45, 7) is 3.14. The van der Waals surface area contributed by atoms with E-state index in [9.17, 15) is 4.79 Å². The predicted molar refractivity (Wildman–Crippen MR) is 94.0 cm³/mol. The number of aromatic nitrogens is 1. The first-order valence-electron chi connectivity index (χ1n) is 8.67. The zero-order valence-electron chi connectivity index (χ0n) is 14.1. The van der Waals surface area contributed by atoms with E-state index < -0.39 is 0 Å². The number of benzene rings is 1. The maximum absolute atomic E-state index is 12.1. The highest BCUT2D eigenvalue weighted by atomic mass is 16.5. The first kappa shape index (κ1) is 16.5. The first-order chi connectivity index (χ1) is 11.8. The van der Waals surface area contributed by atoms with Gasteiger partial charge in [0.2, 0.25) is 5.91 Å². The van der Waals surface area contributed by atoms with Crippen LogP contribution in [0.5, 0.6) is 5.75 Å². The lowest BCUT2D eigenvalue weighted by atomic mass is 10.1. The Kier molecular flexibility index (Phi) is 5.47. The molecular weight excluding hydrogens is 300 g/mol. The van der Waals surface area contributed by atoms with E-state index >= 15 is 0 Å². The van der Waals surface area contributed by atoms with E-state index in [1.54, 1.807) is 0 Å². The summed E-state index contributed by atoms with van der Waals surface area (Å²) in [4.78, 5) is 16.4. The van der Waals surface area contributed by atoms with Crippen LogP contribution in [0.2, 0.25) is 0 Å². The van der Waals surface area contributed by atoms with E-state index in [1.165, 1.54) is 18.4 Å². The van der Waals surface area contributed by atoms with E-state index in [0.717, 1.165) is 16.9 Å². The van der Waals surface area contributed by atoms with Crippen LogP contribution in [0.25, 0.3) is 0 Å². The summed E-state index contributed by atoms with van der Waals surface area (Å²) in [5.74, 6) is 1.61. The molecule has 0 aliphatic heterocycles. The van der Waals surface area contributed by atoms with E-state index in [0.29, 0.717) is 31.9 Å². The van der Waals surface area contributed by atoms with Crippen molar-refractivity contribution in [2.24, 2.45) is 0 Å². The molecule has 2 aromatic rings. The minimum absolute atomic E-state index is 0.0538. The summed E-state index contributed by atoms with van der Waals surface area (Å²) in [5, 5.41) is 2.99. The standard InChI is InChI=1S/C20H24N2O2/c1-2-24-19-6-4-3-5-17(19)9-10-20(23)22-13-15-11-18(14-21-12-15)16-7-8-16/h3-6,11-12,14,16H,2,7-10,13H2,1H3,(H,22,23). The predicted octanol–water partition coefficient (Wildman–Crippen LogP) is 3.61. The molecule has 1 aliphatic carbocycles. The molecule has 0 spiro atoms. The number of nitrogens with one attached hydrogen (secondary N) is 1. The van der Waals surface area contributed by atoms with Crippen LogP contribution in [0.1, 0.15) is 48.8 Å². The number of hydrogen-bond acceptors (Lipinski definition) is 3. The summed E-state index contributed by atoms with van der Waals surface area (Å²) in [5.41, 5.74) is 3.45. The molecule has 1 saturated carbocycles. The molecule has 0 saturated heterocycles. The Morgan fingerprint density at radius 3 is 2.92 bits per heavy atom. The highest BCUT2D eigenvalue weighted by molar-refractivity contribution is 5.76. The number of nitrogens with zero attached hydrogens (tertiary/aromatic N) is 1. The summed E-state index contributed by atoms with van der Waals surface area (Å²) in [7, 11) is 0. The molecule has 24 heavy (non-hydrogen) atoms. The quantitative estimate of drug-likeness (QED) is 0.807. The summed E-state index contributed by atoms with van der Waals surface area (Å²) < 4.78 is 5.60. The lowest BCUT2D eigenvalue weighted by Gasteiger charge is -2.10. The molecule has 0 atom stereocenters. The Morgan fingerprint density at radius 2 is 2.12 bits per heavy atom. The highest BCUT2D eigenvalue weighted by Gasteiger charge is 2.23. The van der Waals surface area contributed by atoms with Gasteiger partial charge in [0.05, 0.1) is 6.61 Å². The SMILES string of the molecule is CCOc1ccccc1CCC(=O)NCc1cncc(C2CC2)c1. The number of carbonyl (C=O) groups is 1. The molecule has 0 radical (unpaired) electrons. The maximum Gasteiger partial charge on any atom is 0.220 e. The molecule has 1 aliphatic rings. The third-order valence-corrected chi connectivity index (χ3v) is 4.25. The van der Waals surface area contributed by atoms with Gasteiger partial charge in [-0.25, -0.2) is 0 Å². The molecule has 3 rings (SSSR count). The van der Waals surface area contributed by atoms with Gasteiger partial charge in [-0.3, -0.25) is 9.78 Å². The smallest absolute Gasteiger partial charge is 0.220 e. The van der Waals surface area contributed by atoms with Crippen molar-refractivity contribution in [1.29, 1.82) is 0 Å². The third kappa shape index (κ3) is 4.57. The van der Waals surface area contributed by atoms with Crippen molar-refractivity contribution in [3.05, 3.63) is 59.4 Å². The van der Waals surface area contributed by atoms with Gasteiger partial charge in [0, 0.05) is 25.4 Å². The maximum atomic E-state index is 12.1. The molecule has 126 valence electrons. The zero-order valence-corrected chi connectivity index (χ0v) is 14.1. The van der Waals surface area contributed by atoms with Gasteiger partial charge in [0.15, 0.2) is 0 Å². The molecule has 4 heteroatoms. The Morgan fingerprint density at radius 1 is 1.29 bits per heavy atom. The minimum atomic E-state index is 0.0538. The minimum Gasteiger partial charge on any atom is -0.494 e. The zero-order chi connectivity index (χ0) is 16.8.